The van der Waals surface area contributed by atoms with E-state index < -0.39 is 6.04 Å². The van der Waals surface area contributed by atoms with Gasteiger partial charge in [-0.25, -0.2) is 4.99 Å². The fourth-order valence-corrected chi connectivity index (χ4v) is 5.68. The normalized spacial score (nSPS) is 15.1. The molecule has 1 aliphatic rings. The second-order valence-corrected chi connectivity index (χ2v) is 10.3. The Morgan fingerprint density at radius 3 is 2.42 bits per heavy atom. The molecule has 0 fully saturated rings. The molecule has 5 rings (SSSR count). The van der Waals surface area contributed by atoms with Crippen molar-refractivity contribution in [2.45, 2.75) is 19.9 Å². The fraction of sp³-hybridized carbons (Fsp3) is 0.156. The number of aryl methyl sites for hydroxylation is 1. The SMILES string of the molecule is COc1ccc(C2C(C(=O)Nc3ccccc3C)=C(C)N=c3s/c(=C/C=C/c4ccccc4)c(=O)n32)cc1OC. The lowest BCUT2D eigenvalue weighted by Crippen LogP contribution is -2.40. The molecule has 0 radical (unpaired) electrons. The largest absolute Gasteiger partial charge is 0.493 e. The monoisotopic (exact) mass is 551 g/mol. The number of aromatic nitrogens is 1. The summed E-state index contributed by atoms with van der Waals surface area (Å²) in [6.07, 6.45) is 5.58. The van der Waals surface area contributed by atoms with Crippen LogP contribution < -0.4 is 29.7 Å². The van der Waals surface area contributed by atoms with E-state index in [1.54, 1.807) is 43.9 Å². The summed E-state index contributed by atoms with van der Waals surface area (Å²) >= 11 is 1.29. The predicted octanol–water partition coefficient (Wildman–Crippen LogP) is 4.86. The van der Waals surface area contributed by atoms with E-state index >= 15 is 0 Å². The van der Waals surface area contributed by atoms with Crippen LogP contribution in [0.4, 0.5) is 5.69 Å². The Morgan fingerprint density at radius 1 is 0.975 bits per heavy atom. The average Bonchev–Trinajstić information content (AvgIpc) is 3.27. The number of anilines is 1. The molecule has 1 aliphatic heterocycles. The molecule has 1 aromatic heterocycles. The summed E-state index contributed by atoms with van der Waals surface area (Å²) in [7, 11) is 3.12. The Bertz CT molecular complexity index is 1820. The second-order valence-electron chi connectivity index (χ2n) is 9.26. The molecule has 2 heterocycles. The Kier molecular flexibility index (Phi) is 7.79. The lowest BCUT2D eigenvalue weighted by atomic mass is 9.94. The van der Waals surface area contributed by atoms with Gasteiger partial charge in [-0.05, 0) is 54.8 Å². The smallest absolute Gasteiger partial charge is 0.271 e. The summed E-state index contributed by atoms with van der Waals surface area (Å²) in [4.78, 5) is 32.9. The van der Waals surface area contributed by atoms with Gasteiger partial charge in [0, 0.05) is 5.69 Å². The van der Waals surface area contributed by atoms with Crippen molar-refractivity contribution in [2.75, 3.05) is 19.5 Å². The summed E-state index contributed by atoms with van der Waals surface area (Å²) in [6, 6.07) is 22.1. The van der Waals surface area contributed by atoms with Gasteiger partial charge in [-0.1, -0.05) is 78.1 Å². The topological polar surface area (TPSA) is 81.9 Å². The quantitative estimate of drug-likeness (QED) is 0.356. The Balaban J connectivity index is 1.65. The van der Waals surface area contributed by atoms with Gasteiger partial charge in [-0.2, -0.15) is 0 Å². The lowest BCUT2D eigenvalue weighted by Gasteiger charge is -2.26. The molecule has 7 nitrogen and oxygen atoms in total. The number of carbonyl (C=O) groups excluding carboxylic acids is 1. The number of carbonyl (C=O) groups is 1. The molecule has 0 spiro atoms. The number of nitrogens with zero attached hydrogens (tertiary/aromatic N) is 2. The third kappa shape index (κ3) is 5.26. The highest BCUT2D eigenvalue weighted by Gasteiger charge is 2.33. The van der Waals surface area contributed by atoms with Crippen LogP contribution in [0.1, 0.15) is 29.7 Å². The van der Waals surface area contributed by atoms with Crippen LogP contribution in [0.2, 0.25) is 0 Å². The highest BCUT2D eigenvalue weighted by molar-refractivity contribution is 7.07. The van der Waals surface area contributed by atoms with Gasteiger partial charge in [-0.3, -0.25) is 14.2 Å². The van der Waals surface area contributed by atoms with Gasteiger partial charge in [0.05, 0.1) is 36.1 Å². The van der Waals surface area contributed by atoms with E-state index in [-0.39, 0.29) is 11.5 Å². The van der Waals surface area contributed by atoms with Gasteiger partial charge >= 0.3 is 0 Å². The molecule has 1 atom stereocenters. The van der Waals surface area contributed by atoms with Crippen molar-refractivity contribution in [1.82, 2.24) is 4.57 Å². The van der Waals surface area contributed by atoms with E-state index in [1.807, 2.05) is 79.7 Å². The number of ether oxygens (including phenoxy) is 2. The van der Waals surface area contributed by atoms with Gasteiger partial charge < -0.3 is 14.8 Å². The molecule has 8 heteroatoms. The average molecular weight is 552 g/mol. The lowest BCUT2D eigenvalue weighted by molar-refractivity contribution is -0.113. The molecule has 1 N–H and O–H groups in total. The number of hydrogen-bond acceptors (Lipinski definition) is 6. The number of thiazole rings is 1. The Labute approximate surface area is 236 Å². The Hall–Kier alpha value is -4.69. The zero-order valence-corrected chi connectivity index (χ0v) is 23.5. The van der Waals surface area contributed by atoms with Crippen LogP contribution in [0.3, 0.4) is 0 Å². The van der Waals surface area contributed by atoms with Crippen LogP contribution in [0.5, 0.6) is 11.5 Å². The van der Waals surface area contributed by atoms with Crippen molar-refractivity contribution in [3.05, 3.63) is 127 Å². The van der Waals surface area contributed by atoms with E-state index in [0.29, 0.717) is 43.4 Å². The van der Waals surface area contributed by atoms with Crippen molar-refractivity contribution >= 4 is 35.1 Å². The van der Waals surface area contributed by atoms with E-state index in [1.165, 1.54) is 11.3 Å². The summed E-state index contributed by atoms with van der Waals surface area (Å²) in [6.45, 7) is 3.73. The maximum absolute atomic E-state index is 13.8. The maximum Gasteiger partial charge on any atom is 0.271 e. The molecule has 0 aliphatic carbocycles. The molecule has 0 bridgehead atoms. The summed E-state index contributed by atoms with van der Waals surface area (Å²) in [5.74, 6) is 0.728. The molecule has 0 saturated carbocycles. The van der Waals surface area contributed by atoms with Gasteiger partial charge in [0.25, 0.3) is 11.5 Å². The first-order valence-corrected chi connectivity index (χ1v) is 13.6. The fourth-order valence-electron chi connectivity index (χ4n) is 4.68. The van der Waals surface area contributed by atoms with E-state index in [4.69, 9.17) is 14.5 Å². The third-order valence-corrected chi connectivity index (χ3v) is 7.72. The predicted molar refractivity (Wildman–Crippen MR) is 159 cm³/mol. The number of fused-ring (bicyclic) bond motifs is 1. The first-order valence-electron chi connectivity index (χ1n) is 12.7. The minimum atomic E-state index is -0.722. The minimum Gasteiger partial charge on any atom is -0.493 e. The number of amides is 1. The highest BCUT2D eigenvalue weighted by atomic mass is 32.1. The van der Waals surface area contributed by atoms with Crippen molar-refractivity contribution in [3.8, 4) is 11.5 Å². The molecule has 1 amide bonds. The van der Waals surface area contributed by atoms with Crippen LogP contribution in [0, 0.1) is 6.92 Å². The maximum atomic E-state index is 13.8. The van der Waals surface area contributed by atoms with Gasteiger partial charge in [-0.15, -0.1) is 0 Å². The van der Waals surface area contributed by atoms with Crippen LogP contribution in [0.25, 0.3) is 12.2 Å². The minimum absolute atomic E-state index is 0.227. The zero-order chi connectivity index (χ0) is 28.2. The van der Waals surface area contributed by atoms with E-state index in [0.717, 1.165) is 11.1 Å². The first kappa shape index (κ1) is 26.9. The van der Waals surface area contributed by atoms with E-state index in [9.17, 15) is 9.59 Å². The van der Waals surface area contributed by atoms with Crippen LogP contribution in [-0.2, 0) is 4.79 Å². The van der Waals surface area contributed by atoms with Crippen molar-refractivity contribution < 1.29 is 14.3 Å². The summed E-state index contributed by atoms with van der Waals surface area (Å²) in [5.41, 5.74) is 4.06. The molecular formula is C32H29N3O4S. The molecule has 4 aromatic rings. The summed E-state index contributed by atoms with van der Waals surface area (Å²) < 4.78 is 13.1. The number of rotatable bonds is 7. The summed E-state index contributed by atoms with van der Waals surface area (Å²) in [5, 5.41) is 3.03. The third-order valence-electron chi connectivity index (χ3n) is 6.72. The molecule has 1 unspecified atom stereocenters. The molecule has 3 aromatic carbocycles. The van der Waals surface area contributed by atoms with Crippen LogP contribution in [-0.4, -0.2) is 24.7 Å². The number of hydrogen-bond donors (Lipinski definition) is 1. The number of para-hydroxylation sites is 1. The number of allylic oxidation sites excluding steroid dienone is 2. The number of methoxy groups -OCH3 is 2. The standard InChI is InChI=1S/C32H29N3O4S/c1-20-11-8-9-15-24(20)34-30(36)28-21(2)33-32-35(29(28)23-17-18-25(38-3)26(19-23)39-4)31(37)27(40-32)16-10-14-22-12-6-5-7-13-22/h5-19,29H,1-4H3,(H,34,36)/b14-10+,27-16+. The zero-order valence-electron chi connectivity index (χ0n) is 22.7. The highest BCUT2D eigenvalue weighted by Crippen LogP contribution is 2.36. The van der Waals surface area contributed by atoms with Crippen molar-refractivity contribution in [2.24, 2.45) is 4.99 Å². The first-order chi connectivity index (χ1) is 19.4. The van der Waals surface area contributed by atoms with Gasteiger partial charge in [0.15, 0.2) is 16.3 Å². The number of benzene rings is 3. The second kappa shape index (κ2) is 11.6. The van der Waals surface area contributed by atoms with Crippen molar-refractivity contribution in [1.29, 1.82) is 0 Å². The van der Waals surface area contributed by atoms with Crippen molar-refractivity contribution in [3.63, 3.8) is 0 Å². The van der Waals surface area contributed by atoms with Gasteiger partial charge in [0.1, 0.15) is 0 Å². The molecular weight excluding hydrogens is 522 g/mol. The molecule has 202 valence electrons. The number of nitrogens with one attached hydrogen (secondary N) is 1. The molecule has 0 saturated heterocycles. The van der Waals surface area contributed by atoms with Crippen LogP contribution >= 0.6 is 11.3 Å². The van der Waals surface area contributed by atoms with Crippen LogP contribution in [0.15, 0.2) is 99.9 Å². The Morgan fingerprint density at radius 2 is 1.70 bits per heavy atom. The molecule has 40 heavy (non-hydrogen) atoms. The van der Waals surface area contributed by atoms with E-state index in [2.05, 4.69) is 5.32 Å². The van der Waals surface area contributed by atoms with Gasteiger partial charge in [0.2, 0.25) is 0 Å².